The first-order valence-corrected chi connectivity index (χ1v) is 6.42. The van der Waals surface area contributed by atoms with Crippen molar-refractivity contribution in [1.82, 2.24) is 4.98 Å². The topological polar surface area (TPSA) is 80.7 Å². The van der Waals surface area contributed by atoms with E-state index in [4.69, 9.17) is 9.47 Å². The molecule has 0 saturated carbocycles. The lowest BCUT2D eigenvalue weighted by Gasteiger charge is -2.09. The van der Waals surface area contributed by atoms with Gasteiger partial charge in [0.05, 0.1) is 13.7 Å². The average Bonchev–Trinajstić information content (AvgIpc) is 2.49. The maximum Gasteiger partial charge on any atom is 0.278 e. The third-order valence-corrected chi connectivity index (χ3v) is 2.75. The van der Waals surface area contributed by atoms with Crippen molar-refractivity contribution in [2.75, 3.05) is 19.0 Å². The zero-order valence-corrected chi connectivity index (χ0v) is 11.8. The Labute approximate surface area is 122 Å². The molecule has 1 aromatic carbocycles. The molecule has 0 radical (unpaired) electrons. The maximum atomic E-state index is 12.1. The number of pyridine rings is 1. The van der Waals surface area contributed by atoms with Gasteiger partial charge < -0.3 is 19.9 Å². The number of rotatable bonds is 5. The highest BCUT2D eigenvalue weighted by atomic mass is 16.5. The first kappa shape index (κ1) is 14.6. The van der Waals surface area contributed by atoms with Crippen LogP contribution in [0.25, 0.3) is 0 Å². The molecule has 1 heterocycles. The molecule has 0 aliphatic carbocycles. The number of nitrogens with one attached hydrogen (secondary N) is 1. The number of aromatic nitrogens is 1. The number of methoxy groups -OCH3 is 1. The summed E-state index contributed by atoms with van der Waals surface area (Å²) in [7, 11) is 1.41. The molecule has 2 N–H and O–H groups in total. The smallest absolute Gasteiger partial charge is 0.278 e. The fourth-order valence-corrected chi connectivity index (χ4v) is 1.76. The zero-order valence-electron chi connectivity index (χ0n) is 11.8. The number of hydrogen-bond donors (Lipinski definition) is 2. The number of nitrogens with zero attached hydrogens (tertiary/aromatic N) is 1. The number of ether oxygens (including phenoxy) is 2. The van der Waals surface area contributed by atoms with Gasteiger partial charge in [-0.25, -0.2) is 4.98 Å². The molecule has 6 heteroatoms. The molecular weight excluding hydrogens is 272 g/mol. The molecule has 2 rings (SSSR count). The summed E-state index contributed by atoms with van der Waals surface area (Å²) in [6.07, 6.45) is 1.39. The molecule has 0 unspecified atom stereocenters. The van der Waals surface area contributed by atoms with Crippen molar-refractivity contribution in [3.63, 3.8) is 0 Å². The monoisotopic (exact) mass is 288 g/mol. The summed E-state index contributed by atoms with van der Waals surface area (Å²) < 4.78 is 10.3. The Kier molecular flexibility index (Phi) is 4.61. The van der Waals surface area contributed by atoms with Crippen molar-refractivity contribution in [1.29, 1.82) is 0 Å². The minimum atomic E-state index is -0.518. The van der Waals surface area contributed by atoms with E-state index in [1.165, 1.54) is 19.4 Å². The van der Waals surface area contributed by atoms with E-state index in [1.54, 1.807) is 24.3 Å². The van der Waals surface area contributed by atoms with E-state index in [2.05, 4.69) is 10.3 Å². The van der Waals surface area contributed by atoms with Crippen molar-refractivity contribution < 1.29 is 19.4 Å². The predicted octanol–water partition coefficient (Wildman–Crippen LogP) is 2.45. The highest BCUT2D eigenvalue weighted by Gasteiger charge is 2.16. The number of anilines is 1. The van der Waals surface area contributed by atoms with Gasteiger partial charge in [0.15, 0.2) is 17.2 Å². The molecule has 0 aliphatic heterocycles. The quantitative estimate of drug-likeness (QED) is 0.883. The third kappa shape index (κ3) is 3.42. The normalized spacial score (nSPS) is 10.0. The molecule has 110 valence electrons. The lowest BCUT2D eigenvalue weighted by Crippen LogP contribution is -2.14. The highest BCUT2D eigenvalue weighted by molar-refractivity contribution is 6.05. The van der Waals surface area contributed by atoms with Crippen LogP contribution in [0.1, 0.15) is 17.4 Å². The van der Waals surface area contributed by atoms with E-state index in [-0.39, 0.29) is 17.2 Å². The van der Waals surface area contributed by atoms with Crippen molar-refractivity contribution in [2.45, 2.75) is 6.92 Å². The number of carbonyl (C=O) groups excluding carboxylic acids is 1. The summed E-state index contributed by atoms with van der Waals surface area (Å²) in [6, 6.07) is 8.39. The molecule has 0 saturated heterocycles. The molecule has 0 aliphatic rings. The number of amides is 1. The van der Waals surface area contributed by atoms with Crippen LogP contribution in [0.4, 0.5) is 5.69 Å². The largest absolute Gasteiger partial charge is 0.503 e. The third-order valence-electron chi connectivity index (χ3n) is 2.75. The van der Waals surface area contributed by atoms with Crippen LogP contribution in [0.5, 0.6) is 17.2 Å². The van der Waals surface area contributed by atoms with Crippen molar-refractivity contribution in [3.05, 3.63) is 42.2 Å². The molecule has 0 spiro atoms. The van der Waals surface area contributed by atoms with Crippen LogP contribution in [-0.2, 0) is 0 Å². The van der Waals surface area contributed by atoms with Gasteiger partial charge in [-0.1, -0.05) is 0 Å². The van der Waals surface area contributed by atoms with Crippen molar-refractivity contribution in [3.8, 4) is 17.2 Å². The average molecular weight is 288 g/mol. The second kappa shape index (κ2) is 6.60. The van der Waals surface area contributed by atoms with Crippen LogP contribution in [0.2, 0.25) is 0 Å². The highest BCUT2D eigenvalue weighted by Crippen LogP contribution is 2.28. The maximum absolute atomic E-state index is 12.1. The Balaban J connectivity index is 2.14. The van der Waals surface area contributed by atoms with Crippen molar-refractivity contribution >= 4 is 11.6 Å². The van der Waals surface area contributed by atoms with Crippen LogP contribution in [0.3, 0.4) is 0 Å². The zero-order chi connectivity index (χ0) is 15.2. The van der Waals surface area contributed by atoms with Gasteiger partial charge >= 0.3 is 0 Å². The van der Waals surface area contributed by atoms with Gasteiger partial charge in [0.25, 0.3) is 5.91 Å². The molecule has 21 heavy (non-hydrogen) atoms. The van der Waals surface area contributed by atoms with Crippen LogP contribution in [0, 0.1) is 0 Å². The van der Waals surface area contributed by atoms with Gasteiger partial charge in [-0.15, -0.1) is 0 Å². The van der Waals surface area contributed by atoms with Crippen LogP contribution >= 0.6 is 0 Å². The van der Waals surface area contributed by atoms with Crippen LogP contribution < -0.4 is 14.8 Å². The van der Waals surface area contributed by atoms with E-state index in [0.717, 1.165) is 5.75 Å². The van der Waals surface area contributed by atoms with Crippen molar-refractivity contribution in [2.24, 2.45) is 0 Å². The van der Waals surface area contributed by atoms with Gasteiger partial charge in [0.1, 0.15) is 5.75 Å². The van der Waals surface area contributed by atoms with Gasteiger partial charge in [0.2, 0.25) is 0 Å². The van der Waals surface area contributed by atoms with Gasteiger partial charge in [-0.3, -0.25) is 4.79 Å². The second-order valence-corrected chi connectivity index (χ2v) is 4.12. The Morgan fingerprint density at radius 1 is 1.29 bits per heavy atom. The van der Waals surface area contributed by atoms with E-state index >= 15 is 0 Å². The van der Waals surface area contributed by atoms with Gasteiger partial charge in [-0.05, 0) is 31.2 Å². The van der Waals surface area contributed by atoms with E-state index in [9.17, 15) is 9.90 Å². The first-order valence-electron chi connectivity index (χ1n) is 6.42. The predicted molar refractivity (Wildman–Crippen MR) is 78.0 cm³/mol. The van der Waals surface area contributed by atoms with E-state index in [0.29, 0.717) is 12.3 Å². The van der Waals surface area contributed by atoms with Crippen LogP contribution in [0.15, 0.2) is 36.5 Å². The summed E-state index contributed by atoms with van der Waals surface area (Å²) in [5.74, 6) is 0.110. The molecule has 0 fully saturated rings. The molecule has 1 amide bonds. The fourth-order valence-electron chi connectivity index (χ4n) is 1.76. The van der Waals surface area contributed by atoms with Gasteiger partial charge in [0, 0.05) is 18.0 Å². The molecule has 1 aromatic heterocycles. The molecular formula is C15H16N2O4. The summed E-state index contributed by atoms with van der Waals surface area (Å²) in [5, 5.41) is 12.5. The summed E-state index contributed by atoms with van der Waals surface area (Å²) in [6.45, 7) is 2.47. The fraction of sp³-hybridized carbons (Fsp3) is 0.200. The SMILES string of the molecule is CCOc1ccc(NC(=O)c2nccc(OC)c2O)cc1. The Morgan fingerprint density at radius 2 is 2.00 bits per heavy atom. The lowest BCUT2D eigenvalue weighted by molar-refractivity contribution is 0.101. The molecule has 0 atom stereocenters. The number of hydrogen-bond acceptors (Lipinski definition) is 5. The van der Waals surface area contributed by atoms with Crippen LogP contribution in [-0.4, -0.2) is 29.7 Å². The molecule has 6 nitrogen and oxygen atoms in total. The summed E-state index contributed by atoms with van der Waals surface area (Å²) >= 11 is 0. The van der Waals surface area contributed by atoms with E-state index in [1.807, 2.05) is 6.92 Å². The van der Waals surface area contributed by atoms with Gasteiger partial charge in [-0.2, -0.15) is 0 Å². The standard InChI is InChI=1S/C15H16N2O4/c1-3-21-11-6-4-10(5-7-11)17-15(19)13-14(18)12(20-2)8-9-16-13/h4-9,18H,3H2,1-2H3,(H,17,19). The number of carbonyl (C=O) groups is 1. The first-order chi connectivity index (χ1) is 10.2. The Bertz CT molecular complexity index is 626. The Hall–Kier alpha value is -2.76. The summed E-state index contributed by atoms with van der Waals surface area (Å²) in [5.41, 5.74) is 0.482. The molecule has 0 bridgehead atoms. The number of benzene rings is 1. The van der Waals surface area contributed by atoms with E-state index < -0.39 is 5.91 Å². The second-order valence-electron chi connectivity index (χ2n) is 4.12. The minimum Gasteiger partial charge on any atom is -0.503 e. The molecule has 2 aromatic rings. The lowest BCUT2D eigenvalue weighted by atomic mass is 10.2. The Morgan fingerprint density at radius 3 is 2.62 bits per heavy atom. The minimum absolute atomic E-state index is 0.0942. The summed E-state index contributed by atoms with van der Waals surface area (Å²) in [4.78, 5) is 16.0. The number of aromatic hydroxyl groups is 1.